The third-order valence-electron chi connectivity index (χ3n) is 8.27. The monoisotopic (exact) mass is 544 g/mol. The Morgan fingerprint density at radius 2 is 1.97 bits per heavy atom. The van der Waals surface area contributed by atoms with Gasteiger partial charge in [-0.2, -0.15) is 5.10 Å². The van der Waals surface area contributed by atoms with Crippen LogP contribution in [0.25, 0.3) is 22.2 Å². The van der Waals surface area contributed by atoms with Crippen LogP contribution in [0.1, 0.15) is 44.2 Å². The van der Waals surface area contributed by atoms with E-state index >= 15 is 0 Å². The van der Waals surface area contributed by atoms with Crippen LogP contribution >= 0.6 is 11.6 Å². The SMILES string of the molecule is CC(c1ccnc(Nc2nc3cc(Cl)c(-c4cnn(CC5CC5)c4)cc3[nH]2)c1)N1CCN(C(=O)C2CC2)CC1. The summed E-state index contributed by atoms with van der Waals surface area (Å²) in [7, 11) is 0. The van der Waals surface area contributed by atoms with Crippen molar-refractivity contribution in [1.82, 2.24) is 34.5 Å². The molecule has 1 aliphatic heterocycles. The topological polar surface area (TPSA) is 95.0 Å². The maximum Gasteiger partial charge on any atom is 0.225 e. The summed E-state index contributed by atoms with van der Waals surface area (Å²) in [4.78, 5) is 29.5. The maximum atomic E-state index is 12.4. The number of aromatic nitrogens is 5. The fourth-order valence-corrected chi connectivity index (χ4v) is 5.77. The van der Waals surface area contributed by atoms with E-state index in [1.807, 2.05) is 34.1 Å². The van der Waals surface area contributed by atoms with Crippen molar-refractivity contribution in [2.75, 3.05) is 31.5 Å². The van der Waals surface area contributed by atoms with E-state index in [2.05, 4.69) is 50.5 Å². The first-order chi connectivity index (χ1) is 19.0. The largest absolute Gasteiger partial charge is 0.340 e. The van der Waals surface area contributed by atoms with Gasteiger partial charge in [0.15, 0.2) is 0 Å². The van der Waals surface area contributed by atoms with E-state index in [4.69, 9.17) is 16.6 Å². The minimum atomic E-state index is 0.226. The number of nitrogens with one attached hydrogen (secondary N) is 2. The predicted octanol–water partition coefficient (Wildman–Crippen LogP) is 5.24. The van der Waals surface area contributed by atoms with E-state index < -0.39 is 0 Å². The van der Waals surface area contributed by atoms with E-state index in [1.54, 1.807) is 0 Å². The summed E-state index contributed by atoms with van der Waals surface area (Å²) in [6, 6.07) is 8.29. The van der Waals surface area contributed by atoms with Crippen LogP contribution in [0, 0.1) is 11.8 Å². The molecule has 10 heteroatoms. The summed E-state index contributed by atoms with van der Waals surface area (Å²) in [5, 5.41) is 8.51. The second-order valence-electron chi connectivity index (χ2n) is 11.2. The number of nitrogens with zero attached hydrogens (tertiary/aromatic N) is 6. The number of benzene rings is 1. The number of anilines is 2. The number of piperazine rings is 1. The lowest BCUT2D eigenvalue weighted by atomic mass is 10.1. The van der Waals surface area contributed by atoms with Crippen LogP contribution in [-0.4, -0.2) is 66.6 Å². The molecular formula is C29H33ClN8O. The van der Waals surface area contributed by atoms with Crippen molar-refractivity contribution in [3.05, 3.63) is 53.4 Å². The first kappa shape index (κ1) is 24.6. The van der Waals surface area contributed by atoms with Crippen LogP contribution in [0.3, 0.4) is 0 Å². The zero-order valence-electron chi connectivity index (χ0n) is 22.1. The van der Waals surface area contributed by atoms with E-state index in [9.17, 15) is 4.79 Å². The van der Waals surface area contributed by atoms with Gasteiger partial charge in [0.25, 0.3) is 0 Å². The average molecular weight is 545 g/mol. The molecule has 2 N–H and O–H groups in total. The van der Waals surface area contributed by atoms with Gasteiger partial charge in [-0.25, -0.2) is 9.97 Å². The van der Waals surface area contributed by atoms with Gasteiger partial charge in [-0.3, -0.25) is 14.4 Å². The van der Waals surface area contributed by atoms with Crippen LogP contribution in [-0.2, 0) is 11.3 Å². The second-order valence-corrected chi connectivity index (χ2v) is 11.6. The number of amides is 1. The van der Waals surface area contributed by atoms with E-state index in [0.29, 0.717) is 22.8 Å². The molecule has 1 saturated heterocycles. The van der Waals surface area contributed by atoms with Gasteiger partial charge >= 0.3 is 0 Å². The number of imidazole rings is 1. The van der Waals surface area contributed by atoms with Crippen LogP contribution < -0.4 is 5.32 Å². The smallest absolute Gasteiger partial charge is 0.225 e. The molecular weight excluding hydrogens is 512 g/mol. The first-order valence-corrected chi connectivity index (χ1v) is 14.4. The molecule has 3 aliphatic rings. The van der Waals surface area contributed by atoms with E-state index in [1.165, 1.54) is 18.4 Å². The lowest BCUT2D eigenvalue weighted by Crippen LogP contribution is -2.49. The summed E-state index contributed by atoms with van der Waals surface area (Å²) < 4.78 is 2.01. The second kappa shape index (κ2) is 9.95. The summed E-state index contributed by atoms with van der Waals surface area (Å²) in [6.45, 7) is 6.57. The summed E-state index contributed by atoms with van der Waals surface area (Å²) in [6.07, 6.45) is 10.5. The molecule has 9 nitrogen and oxygen atoms in total. The molecule has 39 heavy (non-hydrogen) atoms. The average Bonchev–Trinajstić information content (AvgIpc) is 3.87. The Balaban J connectivity index is 1.04. The van der Waals surface area contributed by atoms with Gasteiger partial charge in [0.2, 0.25) is 11.9 Å². The summed E-state index contributed by atoms with van der Waals surface area (Å²) >= 11 is 6.66. The number of carbonyl (C=O) groups excluding carboxylic acids is 1. The third kappa shape index (κ3) is 5.25. The minimum absolute atomic E-state index is 0.226. The molecule has 2 saturated carbocycles. The molecule has 1 unspecified atom stereocenters. The lowest BCUT2D eigenvalue weighted by molar-refractivity contribution is -0.134. The Hall–Kier alpha value is -3.43. The van der Waals surface area contributed by atoms with Gasteiger partial charge in [0.1, 0.15) is 5.82 Å². The Bertz CT molecular complexity index is 1510. The molecule has 3 aromatic heterocycles. The van der Waals surface area contributed by atoms with Crippen molar-refractivity contribution in [1.29, 1.82) is 0 Å². The molecule has 0 radical (unpaired) electrons. The minimum Gasteiger partial charge on any atom is -0.340 e. The number of aromatic amines is 1. The van der Waals surface area contributed by atoms with Gasteiger partial charge in [0.05, 0.1) is 22.3 Å². The van der Waals surface area contributed by atoms with Crippen LogP contribution in [0.15, 0.2) is 42.9 Å². The molecule has 1 amide bonds. The fourth-order valence-electron chi connectivity index (χ4n) is 5.50. The highest BCUT2D eigenvalue weighted by Crippen LogP contribution is 2.35. The number of carbonyl (C=O) groups is 1. The molecule has 202 valence electrons. The molecule has 2 aliphatic carbocycles. The fraction of sp³-hybridized carbons (Fsp3) is 0.448. The first-order valence-electron chi connectivity index (χ1n) is 14.0. The predicted molar refractivity (Wildman–Crippen MR) is 152 cm³/mol. The van der Waals surface area contributed by atoms with Gasteiger partial charge in [0, 0.05) is 68.2 Å². The Morgan fingerprint density at radius 1 is 1.15 bits per heavy atom. The number of halogens is 1. The number of H-pyrrole nitrogens is 1. The number of pyridine rings is 1. The van der Waals surface area contributed by atoms with Crippen molar-refractivity contribution < 1.29 is 4.79 Å². The summed E-state index contributed by atoms with van der Waals surface area (Å²) in [5.41, 5.74) is 4.82. The van der Waals surface area contributed by atoms with Crippen LogP contribution in [0.2, 0.25) is 5.02 Å². The molecule has 0 bridgehead atoms. The normalized spacial score (nSPS) is 19.0. The molecule has 0 spiro atoms. The molecule has 1 atom stereocenters. The van der Waals surface area contributed by atoms with Gasteiger partial charge in [-0.1, -0.05) is 11.6 Å². The quantitative estimate of drug-likeness (QED) is 0.315. The van der Waals surface area contributed by atoms with Gasteiger partial charge in [-0.15, -0.1) is 0 Å². The van der Waals surface area contributed by atoms with Gasteiger partial charge in [-0.05, 0) is 68.4 Å². The molecule has 7 rings (SSSR count). The zero-order valence-corrected chi connectivity index (χ0v) is 22.9. The standard InChI is InChI=1S/C29H33ClN8O/c1-18(36-8-10-37(11-9-36)28(39)20-4-5-20)21-6-7-31-27(12-21)35-29-33-25-13-23(24(30)14-26(25)34-29)22-15-32-38(17-22)16-19-2-3-19/h6-7,12-15,17-20H,2-5,8-11,16H2,1H3,(H2,31,33,34,35). The van der Waals surface area contributed by atoms with Gasteiger partial charge < -0.3 is 15.2 Å². The van der Waals surface area contributed by atoms with Crippen molar-refractivity contribution in [2.24, 2.45) is 11.8 Å². The highest BCUT2D eigenvalue weighted by molar-refractivity contribution is 6.34. The van der Waals surface area contributed by atoms with E-state index in [0.717, 1.165) is 79.5 Å². The number of fused-ring (bicyclic) bond motifs is 1. The summed E-state index contributed by atoms with van der Waals surface area (Å²) in [5.74, 6) is 2.75. The maximum absolute atomic E-state index is 12.4. The molecule has 3 fully saturated rings. The van der Waals surface area contributed by atoms with Crippen LogP contribution in [0.4, 0.5) is 11.8 Å². The Labute approximate surface area is 232 Å². The molecule has 4 heterocycles. The van der Waals surface area contributed by atoms with Crippen molar-refractivity contribution in [2.45, 2.75) is 45.2 Å². The number of hydrogen-bond donors (Lipinski definition) is 2. The number of rotatable bonds is 8. The Kier molecular flexibility index (Phi) is 6.28. The molecule has 4 aromatic rings. The zero-order chi connectivity index (χ0) is 26.5. The van der Waals surface area contributed by atoms with Crippen molar-refractivity contribution in [3.63, 3.8) is 0 Å². The van der Waals surface area contributed by atoms with E-state index in [-0.39, 0.29) is 6.04 Å². The highest BCUT2D eigenvalue weighted by Gasteiger charge is 2.35. The highest BCUT2D eigenvalue weighted by atomic mass is 35.5. The van der Waals surface area contributed by atoms with Crippen molar-refractivity contribution >= 4 is 40.3 Å². The number of hydrogen-bond acceptors (Lipinski definition) is 6. The molecule has 1 aromatic carbocycles. The Morgan fingerprint density at radius 3 is 2.74 bits per heavy atom. The third-order valence-corrected chi connectivity index (χ3v) is 8.58. The van der Waals surface area contributed by atoms with Crippen LogP contribution in [0.5, 0.6) is 0 Å². The lowest BCUT2D eigenvalue weighted by Gasteiger charge is -2.38. The van der Waals surface area contributed by atoms with Crippen molar-refractivity contribution in [3.8, 4) is 11.1 Å².